The molecule has 15 heavy (non-hydrogen) atoms. The van der Waals surface area contributed by atoms with Crippen LogP contribution >= 0.6 is 0 Å². The Morgan fingerprint density at radius 3 is 2.53 bits per heavy atom. The average molecular weight is 202 g/mol. The third-order valence-electron chi connectivity index (χ3n) is 1.69. The normalized spacial score (nSPS) is 11.1. The maximum Gasteiger partial charge on any atom is 0.185 e. The van der Waals surface area contributed by atoms with Crippen molar-refractivity contribution in [3.63, 3.8) is 0 Å². The predicted octanol–water partition coefficient (Wildman–Crippen LogP) is 1.97. The van der Waals surface area contributed by atoms with E-state index in [1.165, 1.54) is 6.08 Å². The quantitative estimate of drug-likeness (QED) is 0.323. The Bertz CT molecular complexity index is 366. The fourth-order valence-electron chi connectivity index (χ4n) is 1.00. The van der Waals surface area contributed by atoms with Crippen LogP contribution in [-0.4, -0.2) is 31.1 Å². The number of rotatable bonds is 4. The van der Waals surface area contributed by atoms with Crippen molar-refractivity contribution in [2.24, 2.45) is 5.10 Å². The van der Waals surface area contributed by atoms with Gasteiger partial charge < -0.3 is 5.01 Å². The number of carbonyl (C=O) groups is 1. The van der Waals surface area contributed by atoms with E-state index in [2.05, 4.69) is 5.10 Å². The van der Waals surface area contributed by atoms with Crippen LogP contribution in [0.2, 0.25) is 0 Å². The van der Waals surface area contributed by atoms with Gasteiger partial charge in [0.25, 0.3) is 0 Å². The first-order valence-corrected chi connectivity index (χ1v) is 4.67. The van der Waals surface area contributed by atoms with Gasteiger partial charge in [0.15, 0.2) is 5.78 Å². The minimum Gasteiger partial charge on any atom is -0.303 e. The van der Waals surface area contributed by atoms with Gasteiger partial charge in [-0.3, -0.25) is 4.79 Å². The third-order valence-corrected chi connectivity index (χ3v) is 1.69. The maximum atomic E-state index is 11.5. The number of hydrazone groups is 1. The SMILES string of the molecule is CN(C)N=CC=CC(=O)c1ccccc1. The molecule has 1 aromatic rings. The van der Waals surface area contributed by atoms with E-state index in [-0.39, 0.29) is 5.78 Å². The molecule has 1 aromatic carbocycles. The zero-order chi connectivity index (χ0) is 11.1. The summed E-state index contributed by atoms with van der Waals surface area (Å²) in [6.45, 7) is 0. The van der Waals surface area contributed by atoms with E-state index in [9.17, 15) is 4.79 Å². The molecule has 0 spiro atoms. The number of benzene rings is 1. The van der Waals surface area contributed by atoms with Gasteiger partial charge in [-0.05, 0) is 12.2 Å². The number of ketones is 1. The highest BCUT2D eigenvalue weighted by molar-refractivity contribution is 6.06. The highest BCUT2D eigenvalue weighted by atomic mass is 16.1. The van der Waals surface area contributed by atoms with Crippen LogP contribution in [0.25, 0.3) is 0 Å². The number of carbonyl (C=O) groups excluding carboxylic acids is 1. The minimum atomic E-state index is -0.0131. The van der Waals surface area contributed by atoms with Gasteiger partial charge in [-0.1, -0.05) is 30.3 Å². The summed E-state index contributed by atoms with van der Waals surface area (Å²) in [5, 5.41) is 5.62. The standard InChI is InChI=1S/C12H14N2O/c1-14(2)13-10-6-9-12(15)11-7-4-3-5-8-11/h3-10H,1-2H3. The molecule has 0 saturated carbocycles. The van der Waals surface area contributed by atoms with E-state index in [1.807, 2.05) is 32.3 Å². The van der Waals surface area contributed by atoms with Gasteiger partial charge in [0.1, 0.15) is 0 Å². The van der Waals surface area contributed by atoms with E-state index in [1.54, 1.807) is 29.4 Å². The second-order valence-electron chi connectivity index (χ2n) is 3.20. The molecule has 0 aliphatic heterocycles. The molecule has 0 fully saturated rings. The molecule has 0 unspecified atom stereocenters. The van der Waals surface area contributed by atoms with Gasteiger partial charge in [-0.2, -0.15) is 5.10 Å². The van der Waals surface area contributed by atoms with Gasteiger partial charge in [0, 0.05) is 25.9 Å². The summed E-state index contributed by atoms with van der Waals surface area (Å²) in [4.78, 5) is 11.5. The van der Waals surface area contributed by atoms with Crippen LogP contribution in [0.1, 0.15) is 10.4 Å². The Balaban J connectivity index is 2.57. The molecule has 0 amide bonds. The average Bonchev–Trinajstić information content (AvgIpc) is 2.25. The van der Waals surface area contributed by atoms with E-state index in [0.717, 1.165) is 0 Å². The number of hydrogen-bond donors (Lipinski definition) is 0. The summed E-state index contributed by atoms with van der Waals surface area (Å²) in [5.74, 6) is -0.0131. The molecule has 0 N–H and O–H groups in total. The van der Waals surface area contributed by atoms with Gasteiger partial charge in [0.2, 0.25) is 0 Å². The molecule has 0 radical (unpaired) electrons. The largest absolute Gasteiger partial charge is 0.303 e. The Kier molecular flexibility index (Phi) is 4.29. The van der Waals surface area contributed by atoms with Crippen LogP contribution in [0.15, 0.2) is 47.6 Å². The molecule has 0 aromatic heterocycles. The fourth-order valence-corrected chi connectivity index (χ4v) is 1.00. The topological polar surface area (TPSA) is 32.7 Å². The number of hydrogen-bond acceptors (Lipinski definition) is 3. The van der Waals surface area contributed by atoms with E-state index < -0.39 is 0 Å². The second-order valence-corrected chi connectivity index (χ2v) is 3.20. The van der Waals surface area contributed by atoms with Crippen molar-refractivity contribution in [1.82, 2.24) is 5.01 Å². The Morgan fingerprint density at radius 2 is 1.93 bits per heavy atom. The predicted molar refractivity (Wildman–Crippen MR) is 62.1 cm³/mol. The van der Waals surface area contributed by atoms with Crippen molar-refractivity contribution in [2.45, 2.75) is 0 Å². The molecule has 0 saturated heterocycles. The molecule has 0 aliphatic rings. The lowest BCUT2D eigenvalue weighted by Crippen LogP contribution is -2.00. The van der Waals surface area contributed by atoms with Crippen molar-refractivity contribution >= 4 is 12.0 Å². The van der Waals surface area contributed by atoms with Crippen molar-refractivity contribution in [3.8, 4) is 0 Å². The summed E-state index contributed by atoms with van der Waals surface area (Å²) in [6.07, 6.45) is 4.72. The summed E-state index contributed by atoms with van der Waals surface area (Å²) < 4.78 is 0. The Morgan fingerprint density at radius 1 is 1.27 bits per heavy atom. The molecule has 0 heterocycles. The first-order valence-electron chi connectivity index (χ1n) is 4.67. The van der Waals surface area contributed by atoms with E-state index in [4.69, 9.17) is 0 Å². The summed E-state index contributed by atoms with van der Waals surface area (Å²) in [5.41, 5.74) is 0.687. The van der Waals surface area contributed by atoms with Crippen LogP contribution in [0.4, 0.5) is 0 Å². The number of allylic oxidation sites excluding steroid dienone is 2. The zero-order valence-electron chi connectivity index (χ0n) is 8.92. The summed E-state index contributed by atoms with van der Waals surface area (Å²) in [7, 11) is 3.65. The summed E-state index contributed by atoms with van der Waals surface area (Å²) >= 11 is 0. The maximum absolute atomic E-state index is 11.5. The molecular weight excluding hydrogens is 188 g/mol. The van der Waals surface area contributed by atoms with Gasteiger partial charge >= 0.3 is 0 Å². The summed E-state index contributed by atoms with van der Waals surface area (Å²) in [6, 6.07) is 9.14. The van der Waals surface area contributed by atoms with Crippen molar-refractivity contribution in [1.29, 1.82) is 0 Å². The highest BCUT2D eigenvalue weighted by Crippen LogP contribution is 2.00. The Labute approximate surface area is 89.7 Å². The zero-order valence-corrected chi connectivity index (χ0v) is 8.92. The molecule has 0 atom stereocenters. The highest BCUT2D eigenvalue weighted by Gasteiger charge is 1.97. The van der Waals surface area contributed by atoms with Crippen molar-refractivity contribution in [2.75, 3.05) is 14.1 Å². The first-order chi connectivity index (χ1) is 7.20. The third kappa shape index (κ3) is 4.22. The van der Waals surface area contributed by atoms with Gasteiger partial charge in [-0.25, -0.2) is 0 Å². The lowest BCUT2D eigenvalue weighted by atomic mass is 10.1. The molecule has 3 heteroatoms. The van der Waals surface area contributed by atoms with Crippen LogP contribution in [0.3, 0.4) is 0 Å². The molecular formula is C12H14N2O. The van der Waals surface area contributed by atoms with Crippen LogP contribution in [0, 0.1) is 0 Å². The monoisotopic (exact) mass is 202 g/mol. The van der Waals surface area contributed by atoms with Crippen LogP contribution < -0.4 is 0 Å². The fraction of sp³-hybridized carbons (Fsp3) is 0.167. The van der Waals surface area contributed by atoms with Crippen LogP contribution in [-0.2, 0) is 0 Å². The molecule has 3 nitrogen and oxygen atoms in total. The molecule has 0 bridgehead atoms. The second kappa shape index (κ2) is 5.75. The number of nitrogens with zero attached hydrogens (tertiary/aromatic N) is 2. The lowest BCUT2D eigenvalue weighted by Gasteiger charge is -1.99. The smallest absolute Gasteiger partial charge is 0.185 e. The molecule has 78 valence electrons. The molecule has 0 aliphatic carbocycles. The van der Waals surface area contributed by atoms with Gasteiger partial charge in [-0.15, -0.1) is 0 Å². The first kappa shape index (κ1) is 11.2. The van der Waals surface area contributed by atoms with Crippen molar-refractivity contribution < 1.29 is 4.79 Å². The van der Waals surface area contributed by atoms with Crippen LogP contribution in [0.5, 0.6) is 0 Å². The van der Waals surface area contributed by atoms with E-state index in [0.29, 0.717) is 5.56 Å². The lowest BCUT2D eigenvalue weighted by molar-refractivity contribution is 0.104. The van der Waals surface area contributed by atoms with E-state index >= 15 is 0 Å². The molecule has 1 rings (SSSR count). The van der Waals surface area contributed by atoms with Gasteiger partial charge in [0.05, 0.1) is 0 Å². The Hall–Kier alpha value is -1.90. The minimum absolute atomic E-state index is 0.0131. The van der Waals surface area contributed by atoms with Crippen molar-refractivity contribution in [3.05, 3.63) is 48.0 Å².